The number of rotatable bonds is 4. The third-order valence-electron chi connectivity index (χ3n) is 3.83. The van der Waals surface area contributed by atoms with Gasteiger partial charge in [-0.3, -0.25) is 0 Å². The molecule has 0 spiro atoms. The summed E-state index contributed by atoms with van der Waals surface area (Å²) in [7, 11) is 0. The van der Waals surface area contributed by atoms with E-state index in [0.717, 1.165) is 11.4 Å². The Hall–Kier alpha value is -2.61. The molecule has 0 amide bonds. The van der Waals surface area contributed by atoms with Gasteiger partial charge in [0.2, 0.25) is 0 Å². The Morgan fingerprint density at radius 1 is 0.773 bits per heavy atom. The number of aryl methyl sites for hydroxylation is 2. The molecule has 3 rings (SSSR count). The second-order valence-corrected chi connectivity index (χ2v) is 5.57. The van der Waals surface area contributed by atoms with Gasteiger partial charge in [0, 0.05) is 6.20 Å². The van der Waals surface area contributed by atoms with Gasteiger partial charge in [-0.25, -0.2) is 4.98 Å². The lowest BCUT2D eigenvalue weighted by Gasteiger charge is -2.21. The minimum Gasteiger partial charge on any atom is -0.359 e. The Morgan fingerprint density at radius 2 is 1.45 bits per heavy atom. The van der Waals surface area contributed by atoms with Crippen molar-refractivity contribution >= 4 is 5.82 Å². The average molecular weight is 288 g/mol. The SMILES string of the molecule is Cc1ccc(C(Nc2ncccc2C)c2ccccc2)cc1. The topological polar surface area (TPSA) is 24.9 Å². The zero-order valence-electron chi connectivity index (χ0n) is 13.0. The van der Waals surface area contributed by atoms with Crippen LogP contribution in [-0.4, -0.2) is 4.98 Å². The third kappa shape index (κ3) is 3.17. The molecule has 0 fully saturated rings. The van der Waals surface area contributed by atoms with Crippen LogP contribution in [0.2, 0.25) is 0 Å². The summed E-state index contributed by atoms with van der Waals surface area (Å²) in [6.45, 7) is 4.18. The summed E-state index contributed by atoms with van der Waals surface area (Å²) in [4.78, 5) is 4.48. The van der Waals surface area contributed by atoms with Crippen molar-refractivity contribution in [3.63, 3.8) is 0 Å². The van der Waals surface area contributed by atoms with E-state index in [1.54, 1.807) is 0 Å². The van der Waals surface area contributed by atoms with Gasteiger partial charge in [-0.1, -0.05) is 66.2 Å². The van der Waals surface area contributed by atoms with E-state index in [1.165, 1.54) is 16.7 Å². The maximum Gasteiger partial charge on any atom is 0.129 e. The molecular weight excluding hydrogens is 268 g/mol. The van der Waals surface area contributed by atoms with Crippen LogP contribution in [0.15, 0.2) is 72.9 Å². The molecule has 0 aliphatic carbocycles. The summed E-state index contributed by atoms with van der Waals surface area (Å²) < 4.78 is 0. The molecule has 0 aliphatic rings. The highest BCUT2D eigenvalue weighted by Gasteiger charge is 2.15. The fourth-order valence-corrected chi connectivity index (χ4v) is 2.54. The Morgan fingerprint density at radius 3 is 2.14 bits per heavy atom. The van der Waals surface area contributed by atoms with Crippen molar-refractivity contribution < 1.29 is 0 Å². The van der Waals surface area contributed by atoms with Crippen molar-refractivity contribution in [1.29, 1.82) is 0 Å². The first kappa shape index (κ1) is 14.3. The van der Waals surface area contributed by atoms with E-state index in [-0.39, 0.29) is 6.04 Å². The number of anilines is 1. The van der Waals surface area contributed by atoms with E-state index in [2.05, 4.69) is 78.7 Å². The molecule has 1 unspecified atom stereocenters. The van der Waals surface area contributed by atoms with Crippen LogP contribution in [0, 0.1) is 13.8 Å². The van der Waals surface area contributed by atoms with Gasteiger partial charge in [-0.15, -0.1) is 0 Å². The maximum absolute atomic E-state index is 4.48. The van der Waals surface area contributed by atoms with Crippen molar-refractivity contribution in [3.8, 4) is 0 Å². The number of nitrogens with zero attached hydrogens (tertiary/aromatic N) is 1. The van der Waals surface area contributed by atoms with Crippen LogP contribution in [0.5, 0.6) is 0 Å². The van der Waals surface area contributed by atoms with Crippen molar-refractivity contribution in [2.75, 3.05) is 5.32 Å². The summed E-state index contributed by atoms with van der Waals surface area (Å²) >= 11 is 0. The Kier molecular flexibility index (Phi) is 4.19. The largest absolute Gasteiger partial charge is 0.359 e. The maximum atomic E-state index is 4.48. The van der Waals surface area contributed by atoms with Crippen LogP contribution in [-0.2, 0) is 0 Å². The Balaban J connectivity index is 2.00. The molecule has 1 heterocycles. The predicted octanol–water partition coefficient (Wildman–Crippen LogP) is 4.90. The van der Waals surface area contributed by atoms with Crippen LogP contribution in [0.4, 0.5) is 5.82 Å². The van der Waals surface area contributed by atoms with Crippen LogP contribution in [0.3, 0.4) is 0 Å². The second kappa shape index (κ2) is 6.44. The lowest BCUT2D eigenvalue weighted by molar-refractivity contribution is 0.921. The summed E-state index contributed by atoms with van der Waals surface area (Å²) in [6, 6.07) is 23.3. The van der Waals surface area contributed by atoms with Gasteiger partial charge < -0.3 is 5.32 Å². The molecule has 2 aromatic carbocycles. The van der Waals surface area contributed by atoms with Crippen LogP contribution >= 0.6 is 0 Å². The molecule has 1 atom stereocenters. The molecule has 0 saturated carbocycles. The summed E-state index contributed by atoms with van der Waals surface area (Å²) in [6.07, 6.45) is 1.83. The minimum absolute atomic E-state index is 0.0930. The number of benzene rings is 2. The van der Waals surface area contributed by atoms with Gasteiger partial charge in [0.25, 0.3) is 0 Å². The average Bonchev–Trinajstić information content (AvgIpc) is 2.56. The summed E-state index contributed by atoms with van der Waals surface area (Å²) in [5.41, 5.74) is 4.89. The van der Waals surface area contributed by atoms with E-state index in [0.29, 0.717) is 0 Å². The quantitative estimate of drug-likeness (QED) is 0.738. The predicted molar refractivity (Wildman–Crippen MR) is 92.1 cm³/mol. The molecule has 110 valence electrons. The first-order valence-electron chi connectivity index (χ1n) is 7.54. The Bertz CT molecular complexity index is 733. The van der Waals surface area contributed by atoms with Crippen molar-refractivity contribution in [1.82, 2.24) is 4.98 Å². The molecule has 2 heteroatoms. The van der Waals surface area contributed by atoms with Gasteiger partial charge in [-0.2, -0.15) is 0 Å². The number of aromatic nitrogens is 1. The van der Waals surface area contributed by atoms with Gasteiger partial charge in [0.1, 0.15) is 5.82 Å². The first-order valence-corrected chi connectivity index (χ1v) is 7.54. The minimum atomic E-state index is 0.0930. The zero-order chi connectivity index (χ0) is 15.4. The molecule has 3 aromatic rings. The van der Waals surface area contributed by atoms with E-state index in [4.69, 9.17) is 0 Å². The molecule has 0 saturated heterocycles. The molecule has 1 aromatic heterocycles. The van der Waals surface area contributed by atoms with Crippen LogP contribution < -0.4 is 5.32 Å². The fraction of sp³-hybridized carbons (Fsp3) is 0.150. The third-order valence-corrected chi connectivity index (χ3v) is 3.83. The van der Waals surface area contributed by atoms with Gasteiger partial charge in [0.05, 0.1) is 6.04 Å². The first-order chi connectivity index (χ1) is 10.7. The standard InChI is InChI=1S/C20H20N2/c1-15-10-12-18(13-11-15)19(17-8-4-3-5-9-17)22-20-16(2)7-6-14-21-20/h3-14,19H,1-2H3,(H,21,22). The van der Waals surface area contributed by atoms with Crippen molar-refractivity contribution in [3.05, 3.63) is 95.2 Å². The van der Waals surface area contributed by atoms with Gasteiger partial charge in [-0.05, 0) is 36.6 Å². The monoisotopic (exact) mass is 288 g/mol. The van der Waals surface area contributed by atoms with Crippen molar-refractivity contribution in [2.45, 2.75) is 19.9 Å². The highest BCUT2D eigenvalue weighted by molar-refractivity contribution is 5.49. The highest BCUT2D eigenvalue weighted by atomic mass is 15.0. The van der Waals surface area contributed by atoms with E-state index >= 15 is 0 Å². The lowest BCUT2D eigenvalue weighted by Crippen LogP contribution is -2.14. The molecular formula is C20H20N2. The number of hydrogen-bond acceptors (Lipinski definition) is 2. The fourth-order valence-electron chi connectivity index (χ4n) is 2.54. The second-order valence-electron chi connectivity index (χ2n) is 5.57. The van der Waals surface area contributed by atoms with E-state index in [9.17, 15) is 0 Å². The Labute approximate surface area is 131 Å². The molecule has 22 heavy (non-hydrogen) atoms. The van der Waals surface area contributed by atoms with Crippen molar-refractivity contribution in [2.24, 2.45) is 0 Å². The number of nitrogens with one attached hydrogen (secondary N) is 1. The molecule has 0 aliphatic heterocycles. The molecule has 0 radical (unpaired) electrons. The normalized spacial score (nSPS) is 11.9. The smallest absolute Gasteiger partial charge is 0.129 e. The molecule has 2 nitrogen and oxygen atoms in total. The lowest BCUT2D eigenvalue weighted by atomic mass is 9.97. The highest BCUT2D eigenvalue weighted by Crippen LogP contribution is 2.27. The van der Waals surface area contributed by atoms with E-state index < -0.39 is 0 Å². The van der Waals surface area contributed by atoms with E-state index in [1.807, 2.05) is 18.3 Å². The number of hydrogen-bond donors (Lipinski definition) is 1. The molecule has 1 N–H and O–H groups in total. The van der Waals surface area contributed by atoms with Gasteiger partial charge >= 0.3 is 0 Å². The summed E-state index contributed by atoms with van der Waals surface area (Å²) in [5, 5.41) is 3.59. The number of pyridine rings is 1. The summed E-state index contributed by atoms with van der Waals surface area (Å²) in [5.74, 6) is 0.928. The van der Waals surface area contributed by atoms with Crippen LogP contribution in [0.1, 0.15) is 28.3 Å². The van der Waals surface area contributed by atoms with Crippen LogP contribution in [0.25, 0.3) is 0 Å². The zero-order valence-corrected chi connectivity index (χ0v) is 13.0. The van der Waals surface area contributed by atoms with Gasteiger partial charge in [0.15, 0.2) is 0 Å². The molecule has 0 bridgehead atoms.